The van der Waals surface area contributed by atoms with Gasteiger partial charge in [0.05, 0.1) is 31.7 Å². The summed E-state index contributed by atoms with van der Waals surface area (Å²) in [6, 6.07) is 2.80. The summed E-state index contributed by atoms with van der Waals surface area (Å²) < 4.78 is 13.7. The van der Waals surface area contributed by atoms with Crippen LogP contribution in [-0.4, -0.2) is 115 Å². The minimum absolute atomic E-state index is 0.0188. The molecule has 0 aliphatic carbocycles. The van der Waals surface area contributed by atoms with Gasteiger partial charge in [0.25, 0.3) is 0 Å². The summed E-state index contributed by atoms with van der Waals surface area (Å²) in [4.78, 5) is 54.2. The largest absolute Gasteiger partial charge is 0.481 e. The monoisotopic (exact) mass is 695 g/mol. The number of ketones is 1. The molecule has 0 aromatic carbocycles. The molecular weight excluding hydrogens is 641 g/mol. The Morgan fingerprint density at radius 3 is 2.42 bits per heavy atom. The Balaban J connectivity index is 1.74. The lowest BCUT2D eigenvalue weighted by atomic mass is 9.67. The fraction of sp³-hybridized carbons (Fsp3) is 0.714. The second-order valence-corrected chi connectivity index (χ2v) is 14.3. The molecular formula is C35H54BN7O7. The average Bonchev–Trinajstić information content (AvgIpc) is 3.66. The van der Waals surface area contributed by atoms with Crippen LogP contribution in [0, 0.1) is 17.8 Å². The molecule has 1 fully saturated rings. The number of methoxy groups -OCH3 is 1. The maximum absolute atomic E-state index is 13.5. The first-order valence-corrected chi connectivity index (χ1v) is 17.5. The molecule has 3 heterocycles. The maximum Gasteiger partial charge on any atom is 0.410 e. The Morgan fingerprint density at radius 2 is 1.84 bits per heavy atom. The van der Waals surface area contributed by atoms with Gasteiger partial charge in [-0.3, -0.25) is 24.0 Å². The van der Waals surface area contributed by atoms with Gasteiger partial charge in [-0.15, -0.1) is 10.2 Å². The van der Waals surface area contributed by atoms with Crippen LogP contribution in [0.15, 0.2) is 24.5 Å². The highest BCUT2D eigenvalue weighted by molar-refractivity contribution is 6.15. The van der Waals surface area contributed by atoms with Crippen LogP contribution in [0.3, 0.4) is 0 Å². The third-order valence-corrected chi connectivity index (χ3v) is 10.6. The number of cyclic esters (lactones) is 1. The predicted molar refractivity (Wildman–Crippen MR) is 187 cm³/mol. The van der Waals surface area contributed by atoms with Gasteiger partial charge in [-0.25, -0.2) is 4.79 Å². The van der Waals surface area contributed by atoms with E-state index in [-0.39, 0.29) is 24.2 Å². The number of rotatable bonds is 20. The zero-order valence-electron chi connectivity index (χ0n) is 31.0. The Bertz CT molecular complexity index is 1460. The van der Waals surface area contributed by atoms with Gasteiger partial charge in [-0.1, -0.05) is 26.0 Å². The quantitative estimate of drug-likeness (QED) is 0.118. The molecule has 0 saturated carbocycles. The Hall–Kier alpha value is -3.88. The number of carboxylic acid groups (broad SMARTS) is 1. The first kappa shape index (κ1) is 40.6. The van der Waals surface area contributed by atoms with E-state index >= 15 is 0 Å². The standard InChI is InChI=1S/C35H54BN7O7/c1-10-23(3)35(8)31(42(33(48)50-35)17-12-11-16-41-21-28(39-40-41)27-14-13-15-37-38-27)25(5)43(26(6)44)20-22(2)19-34(7,49-9)30(36)18-29(45)24(4)32(46)47/h13-15,21-25,30-31H,10-12,16-20H2,1-9H3,(H,46,47)/t22-,23-,24-,25-,30-,31-,34+,35-/m1/s1. The highest BCUT2D eigenvalue weighted by atomic mass is 16.6. The highest BCUT2D eigenvalue weighted by Crippen LogP contribution is 2.41. The number of Topliss-reactive ketones (excluding diaryl/α,β-unsaturated/α-hetero) is 1. The van der Waals surface area contributed by atoms with E-state index in [1.165, 1.54) is 21.0 Å². The number of ether oxygens (including phenoxy) is 2. The molecule has 1 saturated heterocycles. The van der Waals surface area contributed by atoms with E-state index in [2.05, 4.69) is 34.4 Å². The van der Waals surface area contributed by atoms with Crippen LogP contribution in [0.2, 0.25) is 5.82 Å². The van der Waals surface area contributed by atoms with Gasteiger partial charge in [0.2, 0.25) is 5.91 Å². The molecule has 14 nitrogen and oxygen atoms in total. The molecule has 0 unspecified atom stereocenters. The summed E-state index contributed by atoms with van der Waals surface area (Å²) in [6.07, 6.45) is 5.46. The lowest BCUT2D eigenvalue weighted by Gasteiger charge is -2.44. The number of unbranched alkanes of at least 4 members (excludes halogenated alkanes) is 1. The number of carbonyl (C=O) groups excluding carboxylic acids is 3. The van der Waals surface area contributed by atoms with Crippen LogP contribution in [0.1, 0.15) is 87.5 Å². The van der Waals surface area contributed by atoms with E-state index in [1.807, 2.05) is 33.0 Å². The molecule has 274 valence electrons. The molecule has 15 heteroatoms. The van der Waals surface area contributed by atoms with E-state index < -0.39 is 52.9 Å². The van der Waals surface area contributed by atoms with Crippen molar-refractivity contribution in [1.82, 2.24) is 35.0 Å². The van der Waals surface area contributed by atoms with Crippen molar-refractivity contribution in [3.63, 3.8) is 0 Å². The molecule has 0 spiro atoms. The molecule has 2 aromatic heterocycles. The van der Waals surface area contributed by atoms with Crippen molar-refractivity contribution in [3.8, 4) is 11.4 Å². The molecule has 0 bridgehead atoms. The smallest absolute Gasteiger partial charge is 0.410 e. The number of aryl methyl sites for hydroxylation is 1. The number of carboxylic acids is 1. The van der Waals surface area contributed by atoms with E-state index in [0.29, 0.717) is 43.9 Å². The van der Waals surface area contributed by atoms with E-state index in [0.717, 1.165) is 12.8 Å². The van der Waals surface area contributed by atoms with Gasteiger partial charge in [0.1, 0.15) is 28.7 Å². The minimum Gasteiger partial charge on any atom is -0.481 e. The number of aliphatic carboxylic acids is 1. The van der Waals surface area contributed by atoms with Gasteiger partial charge in [0, 0.05) is 46.3 Å². The van der Waals surface area contributed by atoms with Gasteiger partial charge in [0.15, 0.2) is 0 Å². The normalized spacial score (nSPS) is 21.8. The van der Waals surface area contributed by atoms with Crippen molar-refractivity contribution < 1.29 is 33.8 Å². The van der Waals surface area contributed by atoms with Crippen molar-refractivity contribution in [2.75, 3.05) is 20.2 Å². The van der Waals surface area contributed by atoms with E-state index in [4.69, 9.17) is 17.3 Å². The Labute approximate surface area is 297 Å². The number of carbonyl (C=O) groups is 4. The highest BCUT2D eigenvalue weighted by Gasteiger charge is 2.56. The Kier molecular flexibility index (Phi) is 14.1. The van der Waals surface area contributed by atoms with Crippen LogP contribution in [0.25, 0.3) is 11.4 Å². The van der Waals surface area contributed by atoms with Gasteiger partial charge < -0.3 is 19.5 Å². The number of nitrogens with zero attached hydrogens (tertiary/aromatic N) is 7. The summed E-state index contributed by atoms with van der Waals surface area (Å²) in [6.45, 7) is 16.1. The van der Waals surface area contributed by atoms with Crippen LogP contribution in [-0.2, 0) is 30.4 Å². The van der Waals surface area contributed by atoms with Crippen molar-refractivity contribution in [3.05, 3.63) is 24.5 Å². The fourth-order valence-corrected chi connectivity index (χ4v) is 6.99. The third kappa shape index (κ3) is 9.46. The van der Waals surface area contributed by atoms with Crippen molar-refractivity contribution in [1.29, 1.82) is 0 Å². The first-order valence-electron chi connectivity index (χ1n) is 17.5. The van der Waals surface area contributed by atoms with E-state index in [1.54, 1.807) is 33.7 Å². The van der Waals surface area contributed by atoms with Crippen LogP contribution < -0.4 is 0 Å². The lowest BCUT2D eigenvalue weighted by molar-refractivity contribution is -0.146. The molecule has 2 radical (unpaired) electrons. The summed E-state index contributed by atoms with van der Waals surface area (Å²) in [5.41, 5.74) is -0.530. The zero-order valence-corrected chi connectivity index (χ0v) is 31.0. The molecule has 2 amide bonds. The van der Waals surface area contributed by atoms with Crippen molar-refractivity contribution >= 4 is 31.6 Å². The lowest BCUT2D eigenvalue weighted by Crippen LogP contribution is -2.60. The SMILES string of the molecule is [B][C@H](CC(=O)[C@@H](C)C(=O)O)[C@](C)(C[C@@H](C)CN(C(C)=O)[C@H](C)[C@H]1N(CCCCn2cc(-c3cccnn3)nn2)C(=O)O[C@]1(C)[C@H](C)CC)OC. The van der Waals surface area contributed by atoms with Gasteiger partial charge >= 0.3 is 12.1 Å². The summed E-state index contributed by atoms with van der Waals surface area (Å²) in [5, 5.41) is 25.6. The number of aromatic nitrogens is 5. The fourth-order valence-electron chi connectivity index (χ4n) is 6.99. The molecule has 1 aliphatic heterocycles. The summed E-state index contributed by atoms with van der Waals surface area (Å²) in [5.74, 6) is -3.84. The molecule has 50 heavy (non-hydrogen) atoms. The molecule has 1 aliphatic rings. The average molecular weight is 696 g/mol. The van der Waals surface area contributed by atoms with E-state index in [9.17, 15) is 24.3 Å². The first-order chi connectivity index (χ1) is 23.5. The third-order valence-electron chi connectivity index (χ3n) is 10.6. The van der Waals surface area contributed by atoms with Crippen LogP contribution in [0.4, 0.5) is 4.79 Å². The molecule has 2 aromatic rings. The number of amides is 2. The zero-order chi connectivity index (χ0) is 37.4. The molecule has 3 rings (SSSR count). The van der Waals surface area contributed by atoms with Crippen molar-refractivity contribution in [2.45, 2.75) is 123 Å². The van der Waals surface area contributed by atoms with Crippen molar-refractivity contribution in [2.24, 2.45) is 17.8 Å². The number of hydrogen-bond donors (Lipinski definition) is 1. The molecule has 8 atom stereocenters. The van der Waals surface area contributed by atoms with Gasteiger partial charge in [-0.2, -0.15) is 5.10 Å². The maximum atomic E-state index is 13.5. The second kappa shape index (κ2) is 17.4. The predicted octanol–water partition coefficient (Wildman–Crippen LogP) is 4.45. The topological polar surface area (TPSA) is 170 Å². The molecule has 1 N–H and O–H groups in total. The summed E-state index contributed by atoms with van der Waals surface area (Å²) >= 11 is 0. The Morgan fingerprint density at radius 1 is 1.16 bits per heavy atom. The van der Waals surface area contributed by atoms with Crippen LogP contribution in [0.5, 0.6) is 0 Å². The number of hydrogen-bond acceptors (Lipinski definition) is 10. The minimum atomic E-state index is -1.20. The van der Waals surface area contributed by atoms with Gasteiger partial charge in [-0.05, 0) is 83.2 Å². The summed E-state index contributed by atoms with van der Waals surface area (Å²) in [7, 11) is 7.96. The van der Waals surface area contributed by atoms with Crippen LogP contribution >= 0.6 is 0 Å². The second-order valence-electron chi connectivity index (χ2n) is 14.3.